The summed E-state index contributed by atoms with van der Waals surface area (Å²) in [7, 11) is 0. The van der Waals surface area contributed by atoms with Gasteiger partial charge in [-0.2, -0.15) is 0 Å². The molecule has 30 heavy (non-hydrogen) atoms. The van der Waals surface area contributed by atoms with Crippen molar-refractivity contribution in [2.75, 3.05) is 26.2 Å². The second-order valence-electron chi connectivity index (χ2n) is 7.89. The van der Waals surface area contributed by atoms with Crippen LogP contribution in [0.3, 0.4) is 0 Å². The maximum Gasteiger partial charge on any atom is 0.315 e. The molecule has 2 amide bonds. The summed E-state index contributed by atoms with van der Waals surface area (Å²) in [6.45, 7) is 6.73. The maximum atomic E-state index is 13.4. The normalized spacial score (nSPS) is 16.8. The van der Waals surface area contributed by atoms with Gasteiger partial charge in [0.25, 0.3) is 0 Å². The highest BCUT2D eigenvalue weighted by Gasteiger charge is 2.15. The lowest BCUT2D eigenvalue weighted by atomic mass is 10.0. The second-order valence-corrected chi connectivity index (χ2v) is 7.89. The number of benzene rings is 1. The van der Waals surface area contributed by atoms with E-state index in [1.54, 1.807) is 24.4 Å². The minimum atomic E-state index is -0.378. The number of unbranched alkanes of at least 4 members (excludes halogenated alkanes) is 1. The lowest BCUT2D eigenvalue weighted by Crippen LogP contribution is -2.37. The molecule has 0 aliphatic carbocycles. The first-order valence-electron chi connectivity index (χ1n) is 10.7. The summed E-state index contributed by atoms with van der Waals surface area (Å²) in [5.41, 5.74) is 0.719. The van der Waals surface area contributed by atoms with Crippen LogP contribution in [0, 0.1) is 11.7 Å². The number of nitrogens with zero attached hydrogens (tertiary/aromatic N) is 2. The molecule has 1 aromatic heterocycles. The zero-order valence-electron chi connectivity index (χ0n) is 17.6. The van der Waals surface area contributed by atoms with Gasteiger partial charge in [0, 0.05) is 37.5 Å². The van der Waals surface area contributed by atoms with Crippen molar-refractivity contribution in [2.24, 2.45) is 5.92 Å². The van der Waals surface area contributed by atoms with E-state index < -0.39 is 0 Å². The zero-order chi connectivity index (χ0) is 21.2. The molecule has 1 aliphatic rings. The van der Waals surface area contributed by atoms with Gasteiger partial charge in [0.2, 0.25) is 5.88 Å². The summed E-state index contributed by atoms with van der Waals surface area (Å²) < 4.78 is 19.0. The van der Waals surface area contributed by atoms with Crippen molar-refractivity contribution in [1.82, 2.24) is 20.5 Å². The van der Waals surface area contributed by atoms with Crippen LogP contribution in [-0.4, -0.2) is 42.1 Å². The lowest BCUT2D eigenvalue weighted by Gasteiger charge is -2.30. The van der Waals surface area contributed by atoms with Crippen LogP contribution in [0.25, 0.3) is 0 Å². The van der Waals surface area contributed by atoms with E-state index in [1.165, 1.54) is 38.1 Å². The van der Waals surface area contributed by atoms with Crippen molar-refractivity contribution in [3.63, 3.8) is 0 Å². The third-order valence-electron chi connectivity index (χ3n) is 5.23. The van der Waals surface area contributed by atoms with Gasteiger partial charge in [0.05, 0.1) is 0 Å². The number of urea groups is 1. The Hall–Kier alpha value is -2.67. The van der Waals surface area contributed by atoms with Crippen molar-refractivity contribution in [3.8, 4) is 11.6 Å². The minimum absolute atomic E-state index is 0.220. The predicted octanol–water partition coefficient (Wildman–Crippen LogP) is 4.32. The minimum Gasteiger partial charge on any atom is -0.439 e. The van der Waals surface area contributed by atoms with E-state index in [1.807, 2.05) is 6.07 Å². The van der Waals surface area contributed by atoms with Crippen molar-refractivity contribution >= 4 is 6.03 Å². The van der Waals surface area contributed by atoms with E-state index in [9.17, 15) is 9.18 Å². The third kappa shape index (κ3) is 7.30. The van der Waals surface area contributed by atoms with E-state index >= 15 is 0 Å². The fourth-order valence-corrected chi connectivity index (χ4v) is 3.68. The van der Waals surface area contributed by atoms with Gasteiger partial charge in [0.15, 0.2) is 0 Å². The Balaban J connectivity index is 1.36. The van der Waals surface area contributed by atoms with Crippen molar-refractivity contribution in [3.05, 3.63) is 54.0 Å². The number of likely N-dealkylation sites (tertiary alicyclic amines) is 1. The number of aromatic nitrogens is 1. The smallest absolute Gasteiger partial charge is 0.315 e. The highest BCUT2D eigenvalue weighted by molar-refractivity contribution is 5.73. The maximum absolute atomic E-state index is 13.4. The molecule has 2 aromatic rings. The fourth-order valence-electron chi connectivity index (χ4n) is 3.68. The van der Waals surface area contributed by atoms with Gasteiger partial charge < -0.3 is 20.3 Å². The van der Waals surface area contributed by atoms with Gasteiger partial charge in [-0.3, -0.25) is 0 Å². The number of halogens is 1. The van der Waals surface area contributed by atoms with Gasteiger partial charge in [-0.25, -0.2) is 14.2 Å². The van der Waals surface area contributed by atoms with E-state index in [2.05, 4.69) is 27.4 Å². The Labute approximate surface area is 177 Å². The summed E-state index contributed by atoms with van der Waals surface area (Å²) >= 11 is 0. The lowest BCUT2D eigenvalue weighted by molar-refractivity contribution is 0.181. The van der Waals surface area contributed by atoms with Gasteiger partial charge in [-0.05, 0) is 62.9 Å². The molecule has 1 atom stereocenters. The number of carbonyl (C=O) groups excluding carboxylic acids is 1. The Morgan fingerprint density at radius 3 is 3.00 bits per heavy atom. The molecule has 162 valence electrons. The third-order valence-corrected chi connectivity index (χ3v) is 5.23. The number of piperidine rings is 1. The van der Waals surface area contributed by atoms with Crippen LogP contribution < -0.4 is 15.4 Å². The number of amides is 2. The first-order chi connectivity index (χ1) is 14.6. The van der Waals surface area contributed by atoms with Crippen LogP contribution in [0.5, 0.6) is 11.6 Å². The number of nitrogens with one attached hydrogen (secondary N) is 2. The molecular weight excluding hydrogens is 383 g/mol. The van der Waals surface area contributed by atoms with E-state index in [0.717, 1.165) is 30.9 Å². The Morgan fingerprint density at radius 2 is 2.17 bits per heavy atom. The molecule has 1 saturated heterocycles. The van der Waals surface area contributed by atoms with Crippen molar-refractivity contribution < 1.29 is 13.9 Å². The number of carbonyl (C=O) groups is 1. The molecule has 0 saturated carbocycles. The molecule has 1 aliphatic heterocycles. The predicted molar refractivity (Wildman–Crippen MR) is 115 cm³/mol. The standard InChI is InChI=1S/C23H31FN4O2/c1-18-7-6-14-28(17-18)13-3-2-11-26-23(29)27-16-19-8-5-12-25-22(19)30-21-10-4-9-20(24)15-21/h4-5,8-10,12,15,18H,2-3,6-7,11,13-14,16-17H2,1H3,(H2,26,27,29). The van der Waals surface area contributed by atoms with E-state index in [4.69, 9.17) is 4.74 Å². The fraction of sp³-hybridized carbons (Fsp3) is 0.478. The van der Waals surface area contributed by atoms with Crippen LogP contribution in [0.4, 0.5) is 9.18 Å². The quantitative estimate of drug-likeness (QED) is 0.600. The average molecular weight is 415 g/mol. The van der Waals surface area contributed by atoms with Crippen LogP contribution in [-0.2, 0) is 6.54 Å². The van der Waals surface area contributed by atoms with E-state index in [-0.39, 0.29) is 18.4 Å². The zero-order valence-corrected chi connectivity index (χ0v) is 17.6. The van der Waals surface area contributed by atoms with Gasteiger partial charge in [-0.15, -0.1) is 0 Å². The number of rotatable bonds is 9. The first kappa shape index (κ1) is 22.0. The van der Waals surface area contributed by atoms with Gasteiger partial charge >= 0.3 is 6.03 Å². The Morgan fingerprint density at radius 1 is 1.27 bits per heavy atom. The second kappa shape index (κ2) is 11.5. The Kier molecular flexibility index (Phi) is 8.44. The summed E-state index contributed by atoms with van der Waals surface area (Å²) in [6.07, 6.45) is 6.27. The Bertz CT molecular complexity index is 817. The summed E-state index contributed by atoms with van der Waals surface area (Å²) in [5.74, 6) is 1.13. The van der Waals surface area contributed by atoms with Crippen molar-refractivity contribution in [1.29, 1.82) is 0 Å². The van der Waals surface area contributed by atoms with Crippen LogP contribution >= 0.6 is 0 Å². The number of pyridine rings is 1. The molecule has 6 nitrogen and oxygen atoms in total. The van der Waals surface area contributed by atoms with Gasteiger partial charge in [-0.1, -0.05) is 19.1 Å². The number of hydrogen-bond donors (Lipinski definition) is 2. The average Bonchev–Trinajstić information content (AvgIpc) is 2.73. The van der Waals surface area contributed by atoms with Crippen LogP contribution in [0.2, 0.25) is 0 Å². The monoisotopic (exact) mass is 414 g/mol. The molecule has 3 rings (SSSR count). The number of ether oxygens (including phenoxy) is 1. The van der Waals surface area contributed by atoms with Crippen LogP contribution in [0.1, 0.15) is 38.2 Å². The topological polar surface area (TPSA) is 66.5 Å². The largest absolute Gasteiger partial charge is 0.439 e. The highest BCUT2D eigenvalue weighted by Crippen LogP contribution is 2.23. The highest BCUT2D eigenvalue weighted by atomic mass is 19.1. The molecule has 1 unspecified atom stereocenters. The molecule has 0 radical (unpaired) electrons. The van der Waals surface area contributed by atoms with Crippen molar-refractivity contribution in [2.45, 2.75) is 39.2 Å². The number of hydrogen-bond acceptors (Lipinski definition) is 4. The molecule has 1 aromatic carbocycles. The van der Waals surface area contributed by atoms with Crippen LogP contribution in [0.15, 0.2) is 42.6 Å². The molecule has 2 heterocycles. The summed E-state index contributed by atoms with van der Waals surface area (Å²) in [6, 6.07) is 9.25. The molecule has 0 bridgehead atoms. The molecule has 1 fully saturated rings. The van der Waals surface area contributed by atoms with Gasteiger partial charge in [0.1, 0.15) is 11.6 Å². The molecular formula is C23H31FN4O2. The SMILES string of the molecule is CC1CCCN(CCCCNC(=O)NCc2cccnc2Oc2cccc(F)c2)C1. The summed E-state index contributed by atoms with van der Waals surface area (Å²) in [5, 5.41) is 5.72. The van der Waals surface area contributed by atoms with E-state index in [0.29, 0.717) is 18.2 Å². The molecule has 7 heteroatoms. The first-order valence-corrected chi connectivity index (χ1v) is 10.7. The molecule has 2 N–H and O–H groups in total. The summed E-state index contributed by atoms with van der Waals surface area (Å²) in [4.78, 5) is 18.8. The molecule has 0 spiro atoms.